The van der Waals surface area contributed by atoms with Crippen LogP contribution in [0.15, 0.2) is 0 Å². The summed E-state index contributed by atoms with van der Waals surface area (Å²) in [5.41, 5.74) is 16.1. The van der Waals surface area contributed by atoms with Gasteiger partial charge in [-0.15, -0.1) is 0 Å². The van der Waals surface area contributed by atoms with Gasteiger partial charge in [0.25, 0.3) is 0 Å². The molecule has 7 unspecified atom stereocenters. The molecule has 59 heavy (non-hydrogen) atoms. The second kappa shape index (κ2) is 24.8. The van der Waals surface area contributed by atoms with Gasteiger partial charge in [0, 0.05) is 25.8 Å². The van der Waals surface area contributed by atoms with Gasteiger partial charge < -0.3 is 64.2 Å². The summed E-state index contributed by atoms with van der Waals surface area (Å²) in [7, 11) is 0. The second-order valence-corrected chi connectivity index (χ2v) is 15.1. The van der Waals surface area contributed by atoms with Crippen LogP contribution in [0.4, 0.5) is 0 Å². The number of carbonyl (C=O) groups is 11. The first-order valence-electron chi connectivity index (χ1n) is 19.3. The van der Waals surface area contributed by atoms with Gasteiger partial charge in [0.2, 0.25) is 53.2 Å². The van der Waals surface area contributed by atoms with Crippen LogP contribution in [0.1, 0.15) is 92.4 Å². The van der Waals surface area contributed by atoms with Crippen LogP contribution in [-0.4, -0.2) is 136 Å². The molecular formula is C36H60N10O13. The lowest BCUT2D eigenvalue weighted by atomic mass is 10.0. The van der Waals surface area contributed by atoms with E-state index in [4.69, 9.17) is 22.3 Å². The monoisotopic (exact) mass is 840 g/mol. The highest BCUT2D eigenvalue weighted by atomic mass is 16.4. The maximum Gasteiger partial charge on any atom is 0.326 e. The number of nitrogens with zero attached hydrogens (tertiary/aromatic N) is 1. The van der Waals surface area contributed by atoms with Gasteiger partial charge in [0.15, 0.2) is 0 Å². The molecule has 9 amide bonds. The summed E-state index contributed by atoms with van der Waals surface area (Å²) in [5.74, 6) is -10.9. The molecule has 1 aliphatic rings. The van der Waals surface area contributed by atoms with Crippen LogP contribution in [0.5, 0.6) is 0 Å². The summed E-state index contributed by atoms with van der Waals surface area (Å²) in [6, 6.07) is -8.98. The molecule has 0 aliphatic carbocycles. The van der Waals surface area contributed by atoms with Crippen molar-refractivity contribution in [2.45, 2.75) is 135 Å². The zero-order valence-corrected chi connectivity index (χ0v) is 34.0. The summed E-state index contributed by atoms with van der Waals surface area (Å²) < 4.78 is 0. The number of nitrogens with two attached hydrogens (primary N) is 3. The highest BCUT2D eigenvalue weighted by Crippen LogP contribution is 2.20. The van der Waals surface area contributed by atoms with Gasteiger partial charge in [-0.1, -0.05) is 27.7 Å². The third-order valence-electron chi connectivity index (χ3n) is 9.15. The van der Waals surface area contributed by atoms with Crippen LogP contribution < -0.4 is 49.1 Å². The Kier molecular flexibility index (Phi) is 21.5. The normalized spacial score (nSPS) is 16.7. The SMILES string of the molecule is CC(C)CC(NC(=O)C(CCC(N)=O)NC(=O)CNC(=O)C(CCC(N)=O)NC(=O)C(NC(=O)C(CCC(=O)O)NC(=O)C(C)N)C(C)C)C(=O)N1CCCC1C(=O)O. The van der Waals surface area contributed by atoms with Crippen LogP contribution in [0, 0.1) is 11.8 Å². The third kappa shape index (κ3) is 18.5. The number of amides is 9. The molecule has 0 aromatic rings. The molecule has 1 aliphatic heterocycles. The Hall–Kier alpha value is -5.87. The number of hydrogen-bond acceptors (Lipinski definition) is 12. The topological polar surface area (TPSA) is 382 Å². The van der Waals surface area contributed by atoms with E-state index in [1.165, 1.54) is 11.8 Å². The second-order valence-electron chi connectivity index (χ2n) is 15.1. The standard InChI is InChI=1S/C36H60N10O13/c1-17(2)15-23(35(57)46-14-6-7-24(46)36(58)59)44-32(54)21(9-12-26(39)48)41-27(49)16-40-31(53)20(8-11-25(38)47)43-34(56)29(18(3)4)45-33(55)22(10-13-28(50)51)42-30(52)19(5)37/h17-24,29H,6-16,37H2,1-5H3,(H2,38,47)(H2,39,48)(H,40,53)(H,41,49)(H,42,52)(H,43,56)(H,44,54)(H,45,55)(H,50,51)(H,58,59). The molecule has 7 atom stereocenters. The number of carbonyl (C=O) groups excluding carboxylic acids is 9. The van der Waals surface area contributed by atoms with E-state index >= 15 is 0 Å². The highest BCUT2D eigenvalue weighted by molar-refractivity contribution is 5.97. The van der Waals surface area contributed by atoms with Crippen LogP contribution in [-0.2, 0) is 52.7 Å². The number of hydrogen-bond donors (Lipinski definition) is 11. The predicted molar refractivity (Wildman–Crippen MR) is 207 cm³/mol. The largest absolute Gasteiger partial charge is 0.481 e. The lowest BCUT2D eigenvalue weighted by Crippen LogP contribution is -2.59. The molecule has 1 fully saturated rings. The van der Waals surface area contributed by atoms with E-state index in [1.54, 1.807) is 27.7 Å². The van der Waals surface area contributed by atoms with Gasteiger partial charge in [-0.05, 0) is 57.3 Å². The minimum Gasteiger partial charge on any atom is -0.481 e. The number of aliphatic carboxylic acids is 2. The van der Waals surface area contributed by atoms with Crippen molar-refractivity contribution in [2.75, 3.05) is 13.1 Å². The lowest BCUT2D eigenvalue weighted by molar-refractivity contribution is -0.149. The summed E-state index contributed by atoms with van der Waals surface area (Å²) in [6.45, 7) is 7.37. The molecule has 332 valence electrons. The van der Waals surface area contributed by atoms with Crippen molar-refractivity contribution in [3.05, 3.63) is 0 Å². The molecule has 1 rings (SSSR count). The minimum atomic E-state index is -1.50. The highest BCUT2D eigenvalue weighted by Gasteiger charge is 2.39. The quantitative estimate of drug-likeness (QED) is 0.0396. The fourth-order valence-electron chi connectivity index (χ4n) is 5.99. The zero-order valence-electron chi connectivity index (χ0n) is 34.0. The maximum absolute atomic E-state index is 13.5. The van der Waals surface area contributed by atoms with E-state index in [0.717, 1.165) is 0 Å². The Labute approximate surface area is 341 Å². The fraction of sp³-hybridized carbons (Fsp3) is 0.694. The molecule has 0 radical (unpaired) electrons. The zero-order chi connectivity index (χ0) is 45.1. The lowest BCUT2D eigenvalue weighted by Gasteiger charge is -2.29. The average Bonchev–Trinajstić information content (AvgIpc) is 3.63. The molecule has 0 aromatic heterocycles. The Bertz CT molecular complexity index is 1570. The van der Waals surface area contributed by atoms with Crippen molar-refractivity contribution in [3.8, 4) is 0 Å². The third-order valence-corrected chi connectivity index (χ3v) is 9.15. The molecule has 14 N–H and O–H groups in total. The van der Waals surface area contributed by atoms with E-state index in [-0.39, 0.29) is 51.0 Å². The Balaban J connectivity index is 3.16. The van der Waals surface area contributed by atoms with Gasteiger partial charge in [0.05, 0.1) is 12.6 Å². The van der Waals surface area contributed by atoms with Crippen molar-refractivity contribution in [1.82, 2.24) is 36.8 Å². The van der Waals surface area contributed by atoms with Crippen molar-refractivity contribution < 1.29 is 63.0 Å². The van der Waals surface area contributed by atoms with Crippen LogP contribution in [0.25, 0.3) is 0 Å². The molecule has 0 bridgehead atoms. The number of carboxylic acids is 2. The van der Waals surface area contributed by atoms with Gasteiger partial charge in [-0.2, -0.15) is 0 Å². The van der Waals surface area contributed by atoms with Crippen molar-refractivity contribution in [3.63, 3.8) is 0 Å². The Morgan fingerprint density at radius 2 is 1.14 bits per heavy atom. The first kappa shape index (κ1) is 51.1. The summed E-state index contributed by atoms with van der Waals surface area (Å²) in [4.78, 5) is 140. The number of carboxylic acid groups (broad SMARTS) is 2. The van der Waals surface area contributed by atoms with Crippen LogP contribution in [0.2, 0.25) is 0 Å². The smallest absolute Gasteiger partial charge is 0.326 e. The molecule has 23 nitrogen and oxygen atoms in total. The molecule has 1 saturated heterocycles. The summed E-state index contributed by atoms with van der Waals surface area (Å²) in [6.07, 6.45) is -1.48. The minimum absolute atomic E-state index is 0.120. The molecule has 0 aromatic carbocycles. The maximum atomic E-state index is 13.5. The fourth-order valence-corrected chi connectivity index (χ4v) is 5.99. The van der Waals surface area contributed by atoms with E-state index in [0.29, 0.717) is 6.42 Å². The van der Waals surface area contributed by atoms with E-state index in [2.05, 4.69) is 31.9 Å². The summed E-state index contributed by atoms with van der Waals surface area (Å²) >= 11 is 0. The van der Waals surface area contributed by atoms with Gasteiger partial charge >= 0.3 is 11.9 Å². The van der Waals surface area contributed by atoms with E-state index in [9.17, 15) is 57.8 Å². The van der Waals surface area contributed by atoms with Crippen LogP contribution >= 0.6 is 0 Å². The predicted octanol–water partition coefficient (Wildman–Crippen LogP) is -3.95. The molecule has 23 heteroatoms. The Morgan fingerprint density at radius 3 is 1.63 bits per heavy atom. The number of rotatable bonds is 26. The van der Waals surface area contributed by atoms with Gasteiger partial charge in [-0.3, -0.25) is 47.9 Å². The van der Waals surface area contributed by atoms with E-state index in [1.807, 2.05) is 0 Å². The average molecular weight is 841 g/mol. The van der Waals surface area contributed by atoms with Crippen molar-refractivity contribution >= 4 is 65.1 Å². The summed E-state index contributed by atoms with van der Waals surface area (Å²) in [5, 5.41) is 33.1. The Morgan fingerprint density at radius 1 is 0.644 bits per heavy atom. The van der Waals surface area contributed by atoms with Crippen molar-refractivity contribution in [1.29, 1.82) is 0 Å². The number of nitrogens with one attached hydrogen (secondary N) is 6. The molecular weight excluding hydrogens is 780 g/mol. The van der Waals surface area contributed by atoms with Crippen LogP contribution in [0.3, 0.4) is 0 Å². The number of primary amides is 2. The van der Waals surface area contributed by atoms with Crippen molar-refractivity contribution in [2.24, 2.45) is 29.0 Å². The molecule has 0 spiro atoms. The first-order valence-corrected chi connectivity index (χ1v) is 19.3. The van der Waals surface area contributed by atoms with Gasteiger partial charge in [-0.25, -0.2) is 4.79 Å². The van der Waals surface area contributed by atoms with E-state index < -0.39 is 133 Å². The first-order chi connectivity index (χ1) is 27.4. The van der Waals surface area contributed by atoms with Gasteiger partial charge in [0.1, 0.15) is 36.3 Å². The molecule has 1 heterocycles. The number of likely N-dealkylation sites (tertiary alicyclic amines) is 1. The molecule has 0 saturated carbocycles.